The average Bonchev–Trinajstić information content (AvgIpc) is 2.57. The predicted octanol–water partition coefficient (Wildman–Crippen LogP) is 4.10. The van der Waals surface area contributed by atoms with Crippen LogP contribution < -0.4 is 11.2 Å². The third kappa shape index (κ3) is 2.77. The quantitative estimate of drug-likeness (QED) is 0.560. The summed E-state index contributed by atoms with van der Waals surface area (Å²) < 4.78 is 44.2. The maximum absolute atomic E-state index is 12.9. The summed E-state index contributed by atoms with van der Waals surface area (Å²) in [6.45, 7) is 1.49. The molecule has 1 aromatic heterocycles. The predicted molar refractivity (Wildman–Crippen MR) is 87.5 cm³/mol. The number of halogens is 3. The number of carbonyl (C=O) groups is 1. The van der Waals surface area contributed by atoms with Gasteiger partial charge in [0.05, 0.1) is 10.9 Å². The second-order valence-corrected chi connectivity index (χ2v) is 5.48. The number of Topliss-reactive ketones (excluding diaryl/α,β-unsaturated/α-hetero) is 1. The number of alkyl halides is 3. The van der Waals surface area contributed by atoms with Crippen LogP contribution >= 0.6 is 0 Å². The Labute approximate surface area is 139 Å². The molecule has 0 atom stereocenters. The number of nitrogen functional groups attached to an aromatic ring is 1. The first-order valence-corrected chi connectivity index (χ1v) is 7.24. The second-order valence-electron chi connectivity index (χ2n) is 5.48. The van der Waals surface area contributed by atoms with Crippen molar-refractivity contribution in [3.8, 4) is 11.3 Å². The fraction of sp³-hybridized carbons (Fsp3) is 0.111. The lowest BCUT2D eigenvalue weighted by atomic mass is 10.0. The maximum atomic E-state index is 12.9. The largest absolute Gasteiger partial charge is 0.455 e. The first-order valence-electron chi connectivity index (χ1n) is 7.24. The van der Waals surface area contributed by atoms with Crippen LogP contribution in [0.15, 0.2) is 51.7 Å². The molecule has 0 unspecified atom stereocenters. The van der Waals surface area contributed by atoms with E-state index in [4.69, 9.17) is 10.2 Å². The number of fused-ring (bicyclic) bond motifs is 1. The zero-order valence-electron chi connectivity index (χ0n) is 13.0. The lowest BCUT2D eigenvalue weighted by Gasteiger charge is -2.12. The van der Waals surface area contributed by atoms with E-state index in [-0.39, 0.29) is 22.4 Å². The zero-order valence-corrected chi connectivity index (χ0v) is 13.0. The van der Waals surface area contributed by atoms with Gasteiger partial charge in [-0.2, -0.15) is 13.2 Å². The lowest BCUT2D eigenvalue weighted by Crippen LogP contribution is -2.23. The van der Waals surface area contributed by atoms with Gasteiger partial charge in [-0.3, -0.25) is 9.59 Å². The molecule has 2 N–H and O–H groups in total. The summed E-state index contributed by atoms with van der Waals surface area (Å²) in [5.41, 5.74) is 4.61. The van der Waals surface area contributed by atoms with Crippen molar-refractivity contribution in [2.24, 2.45) is 0 Å². The summed E-state index contributed by atoms with van der Waals surface area (Å²) in [5.74, 6) is -2.00. The standard InChI is InChI=1S/C18H12F3NO3/c1-9-14(23)13-12(22)8-7-11(17(24)18(19,20)21)16(13)25-15(9)10-5-3-2-4-6-10/h2-8H,22H2,1H3. The Hall–Kier alpha value is -3.09. The fourth-order valence-corrected chi connectivity index (χ4v) is 2.60. The number of hydrogen-bond acceptors (Lipinski definition) is 4. The molecule has 3 aromatic rings. The molecule has 0 aliphatic carbocycles. The number of ketones is 1. The topological polar surface area (TPSA) is 73.3 Å². The minimum atomic E-state index is -5.10. The Bertz CT molecular complexity index is 1040. The van der Waals surface area contributed by atoms with Gasteiger partial charge in [0.25, 0.3) is 5.78 Å². The van der Waals surface area contributed by atoms with Crippen LogP contribution in [0.2, 0.25) is 0 Å². The van der Waals surface area contributed by atoms with Crippen LogP contribution in [-0.4, -0.2) is 12.0 Å². The maximum Gasteiger partial charge on any atom is 0.455 e. The van der Waals surface area contributed by atoms with Crippen LogP contribution in [0.5, 0.6) is 0 Å². The SMILES string of the molecule is Cc1c(-c2ccccc2)oc2c(C(=O)C(F)(F)F)ccc(N)c2c1=O. The Morgan fingerprint density at radius 2 is 1.72 bits per heavy atom. The molecule has 0 aliphatic heterocycles. The minimum absolute atomic E-state index is 0.0508. The van der Waals surface area contributed by atoms with Gasteiger partial charge in [-0.05, 0) is 19.1 Å². The van der Waals surface area contributed by atoms with Crippen LogP contribution in [0.4, 0.5) is 18.9 Å². The molecule has 1 heterocycles. The zero-order chi connectivity index (χ0) is 18.4. The highest BCUT2D eigenvalue weighted by Crippen LogP contribution is 2.32. The summed E-state index contributed by atoms with van der Waals surface area (Å²) in [5, 5.41) is -0.229. The van der Waals surface area contributed by atoms with Crippen molar-refractivity contribution >= 4 is 22.4 Å². The Kier molecular flexibility index (Phi) is 3.87. The monoisotopic (exact) mass is 347 g/mol. The lowest BCUT2D eigenvalue weighted by molar-refractivity contribution is -0.0884. The Morgan fingerprint density at radius 1 is 1.08 bits per heavy atom. The average molecular weight is 347 g/mol. The van der Waals surface area contributed by atoms with E-state index >= 15 is 0 Å². The van der Waals surface area contributed by atoms with Crippen LogP contribution in [0.1, 0.15) is 15.9 Å². The van der Waals surface area contributed by atoms with Crippen molar-refractivity contribution in [1.82, 2.24) is 0 Å². The van der Waals surface area contributed by atoms with E-state index in [0.29, 0.717) is 5.56 Å². The van der Waals surface area contributed by atoms with Crippen LogP contribution in [0.25, 0.3) is 22.3 Å². The van der Waals surface area contributed by atoms with Gasteiger partial charge in [0.15, 0.2) is 11.0 Å². The van der Waals surface area contributed by atoms with Crippen molar-refractivity contribution in [3.63, 3.8) is 0 Å². The molecule has 3 rings (SSSR count). The number of hydrogen-bond donors (Lipinski definition) is 1. The molecule has 0 amide bonds. The molecule has 7 heteroatoms. The van der Waals surface area contributed by atoms with E-state index in [1.165, 1.54) is 6.92 Å². The summed E-state index contributed by atoms with van der Waals surface area (Å²) in [4.78, 5) is 24.3. The molecular weight excluding hydrogens is 335 g/mol. The van der Waals surface area contributed by atoms with Gasteiger partial charge in [0.1, 0.15) is 5.76 Å². The molecule has 0 saturated carbocycles. The highest BCUT2D eigenvalue weighted by molar-refractivity contribution is 6.11. The summed E-state index contributed by atoms with van der Waals surface area (Å²) in [6.07, 6.45) is -5.10. The molecular formula is C18H12F3NO3. The Balaban J connectivity index is 2.43. The molecule has 0 aliphatic rings. The van der Waals surface area contributed by atoms with E-state index in [1.807, 2.05) is 0 Å². The van der Waals surface area contributed by atoms with Crippen molar-refractivity contribution in [2.45, 2.75) is 13.1 Å². The molecule has 0 radical (unpaired) electrons. The van der Waals surface area contributed by atoms with Crippen molar-refractivity contribution in [3.05, 3.63) is 63.8 Å². The fourth-order valence-electron chi connectivity index (χ4n) is 2.60. The first kappa shape index (κ1) is 16.8. The molecule has 4 nitrogen and oxygen atoms in total. The highest BCUT2D eigenvalue weighted by Gasteiger charge is 2.41. The molecule has 0 saturated heterocycles. The molecule has 128 valence electrons. The highest BCUT2D eigenvalue weighted by atomic mass is 19.4. The minimum Gasteiger partial charge on any atom is -0.455 e. The summed E-state index contributed by atoms with van der Waals surface area (Å²) in [6, 6.07) is 10.4. The van der Waals surface area contributed by atoms with E-state index < -0.39 is 28.5 Å². The number of rotatable bonds is 2. The van der Waals surface area contributed by atoms with Gasteiger partial charge in [-0.1, -0.05) is 30.3 Å². The summed E-state index contributed by atoms with van der Waals surface area (Å²) >= 11 is 0. The van der Waals surface area contributed by atoms with Crippen molar-refractivity contribution in [2.75, 3.05) is 5.73 Å². The van der Waals surface area contributed by atoms with Gasteiger partial charge >= 0.3 is 6.18 Å². The number of anilines is 1. The van der Waals surface area contributed by atoms with Gasteiger partial charge in [0, 0.05) is 16.8 Å². The number of benzene rings is 2. The molecule has 0 bridgehead atoms. The molecule has 25 heavy (non-hydrogen) atoms. The Morgan fingerprint density at radius 3 is 2.32 bits per heavy atom. The normalized spacial score (nSPS) is 11.7. The first-order chi connectivity index (χ1) is 11.7. The van der Waals surface area contributed by atoms with E-state index in [2.05, 4.69) is 0 Å². The van der Waals surface area contributed by atoms with Crippen LogP contribution in [0.3, 0.4) is 0 Å². The van der Waals surface area contributed by atoms with E-state index in [9.17, 15) is 22.8 Å². The number of nitrogens with two attached hydrogens (primary N) is 1. The van der Waals surface area contributed by atoms with Crippen LogP contribution in [0, 0.1) is 6.92 Å². The smallest absolute Gasteiger partial charge is 0.455 e. The van der Waals surface area contributed by atoms with Gasteiger partial charge in [0.2, 0.25) is 0 Å². The van der Waals surface area contributed by atoms with E-state index in [0.717, 1.165) is 12.1 Å². The van der Waals surface area contributed by atoms with Gasteiger partial charge in [-0.15, -0.1) is 0 Å². The third-order valence-electron chi connectivity index (χ3n) is 3.84. The molecule has 2 aromatic carbocycles. The molecule has 0 fully saturated rings. The van der Waals surface area contributed by atoms with Gasteiger partial charge in [-0.25, -0.2) is 0 Å². The summed E-state index contributed by atoms with van der Waals surface area (Å²) in [7, 11) is 0. The number of carbonyl (C=O) groups excluding carboxylic acids is 1. The van der Waals surface area contributed by atoms with Crippen molar-refractivity contribution in [1.29, 1.82) is 0 Å². The van der Waals surface area contributed by atoms with Crippen molar-refractivity contribution < 1.29 is 22.4 Å². The van der Waals surface area contributed by atoms with E-state index in [1.54, 1.807) is 30.3 Å². The van der Waals surface area contributed by atoms with Crippen LogP contribution in [-0.2, 0) is 0 Å². The van der Waals surface area contributed by atoms with Gasteiger partial charge < -0.3 is 10.2 Å². The molecule has 0 spiro atoms. The third-order valence-corrected chi connectivity index (χ3v) is 3.84. The second kappa shape index (κ2) is 5.77.